The van der Waals surface area contributed by atoms with E-state index in [9.17, 15) is 13.2 Å². The second kappa shape index (κ2) is 9.01. The van der Waals surface area contributed by atoms with E-state index in [1.165, 1.54) is 19.1 Å². The van der Waals surface area contributed by atoms with Crippen LogP contribution in [0.25, 0.3) is 0 Å². The molecule has 190 valence electrons. The number of ether oxygens (including phenoxy) is 2. The first-order valence-electron chi connectivity index (χ1n) is 12.5. The molecule has 4 rings (SSSR count). The van der Waals surface area contributed by atoms with Crippen molar-refractivity contribution in [3.05, 3.63) is 23.3 Å². The highest BCUT2D eigenvalue weighted by atomic mass is 32.2. The molecular weight excluding hydrogens is 454 g/mol. The van der Waals surface area contributed by atoms with Crippen LogP contribution in [0.4, 0.5) is 0 Å². The molecule has 3 aliphatic carbocycles. The van der Waals surface area contributed by atoms with Crippen molar-refractivity contribution < 1.29 is 26.9 Å². The number of aryl methyl sites for hydroxylation is 1. The number of hydrogen-bond donors (Lipinski definition) is 1. The standard InChI is InChI=1S/C26H39NO6S/c1-7-26-13-12-18-19(21(26)10-11-24(26)32-25(3,4)5)9-8-17-14-23(22(31-6)15-20(17)18)33-34(29,30)27-16(2)28/h14-15,18-19,21,24H,7-13H2,1-6H3,(H,27,28). The van der Waals surface area contributed by atoms with Gasteiger partial charge in [-0.15, -0.1) is 0 Å². The van der Waals surface area contributed by atoms with E-state index in [0.29, 0.717) is 29.6 Å². The van der Waals surface area contributed by atoms with E-state index in [0.717, 1.165) is 51.0 Å². The maximum atomic E-state index is 12.2. The normalized spacial score (nSPS) is 30.6. The lowest BCUT2D eigenvalue weighted by Crippen LogP contribution is -2.47. The highest BCUT2D eigenvalue weighted by Crippen LogP contribution is 2.63. The van der Waals surface area contributed by atoms with Gasteiger partial charge in [0, 0.05) is 6.92 Å². The maximum absolute atomic E-state index is 12.2. The molecule has 0 spiro atoms. The van der Waals surface area contributed by atoms with E-state index >= 15 is 0 Å². The van der Waals surface area contributed by atoms with Crippen molar-refractivity contribution >= 4 is 16.2 Å². The van der Waals surface area contributed by atoms with Gasteiger partial charge < -0.3 is 13.7 Å². The summed E-state index contributed by atoms with van der Waals surface area (Å²) in [7, 11) is -2.75. The Kier molecular flexibility index (Phi) is 6.70. The lowest BCUT2D eigenvalue weighted by atomic mass is 9.54. The first-order chi connectivity index (χ1) is 15.9. The average Bonchev–Trinajstić information content (AvgIpc) is 3.09. The number of methoxy groups -OCH3 is 1. The molecule has 0 saturated heterocycles. The van der Waals surface area contributed by atoms with Crippen LogP contribution in [0.2, 0.25) is 0 Å². The van der Waals surface area contributed by atoms with Gasteiger partial charge in [-0.05, 0) is 112 Å². The van der Waals surface area contributed by atoms with Crippen LogP contribution in [-0.2, 0) is 26.3 Å². The predicted molar refractivity (Wildman–Crippen MR) is 130 cm³/mol. The van der Waals surface area contributed by atoms with E-state index in [1.807, 2.05) is 10.8 Å². The van der Waals surface area contributed by atoms with Crippen molar-refractivity contribution in [3.8, 4) is 11.5 Å². The van der Waals surface area contributed by atoms with E-state index < -0.39 is 16.2 Å². The van der Waals surface area contributed by atoms with E-state index in [1.54, 1.807) is 6.07 Å². The van der Waals surface area contributed by atoms with Crippen LogP contribution in [-0.4, -0.2) is 33.1 Å². The molecule has 2 fully saturated rings. The lowest BCUT2D eigenvalue weighted by molar-refractivity contribution is -0.133. The fraction of sp³-hybridized carbons (Fsp3) is 0.731. The molecule has 34 heavy (non-hydrogen) atoms. The van der Waals surface area contributed by atoms with Crippen LogP contribution >= 0.6 is 0 Å². The number of carbonyl (C=O) groups excluding carboxylic acids is 1. The average molecular weight is 494 g/mol. The number of rotatable bonds is 6. The number of fused-ring (bicyclic) bond motifs is 5. The second-order valence-electron chi connectivity index (χ2n) is 11.2. The molecule has 0 aromatic heterocycles. The third-order valence-electron chi connectivity index (χ3n) is 8.27. The minimum atomic E-state index is -4.25. The van der Waals surface area contributed by atoms with Crippen molar-refractivity contribution in [3.63, 3.8) is 0 Å². The molecule has 0 bridgehead atoms. The van der Waals surface area contributed by atoms with Gasteiger partial charge in [0.1, 0.15) is 0 Å². The molecule has 1 aromatic carbocycles. The van der Waals surface area contributed by atoms with E-state index in [-0.39, 0.29) is 16.8 Å². The fourth-order valence-corrected chi connectivity index (χ4v) is 7.91. The quantitative estimate of drug-likeness (QED) is 0.607. The van der Waals surface area contributed by atoms with Crippen LogP contribution in [0.5, 0.6) is 11.5 Å². The molecule has 5 unspecified atom stereocenters. The van der Waals surface area contributed by atoms with E-state index in [4.69, 9.17) is 13.7 Å². The number of nitrogens with one attached hydrogen (secondary N) is 1. The van der Waals surface area contributed by atoms with Crippen molar-refractivity contribution in [1.82, 2.24) is 4.72 Å². The second-order valence-corrected chi connectivity index (χ2v) is 12.5. The van der Waals surface area contributed by atoms with Crippen molar-refractivity contribution in [2.45, 2.75) is 97.2 Å². The molecule has 0 heterocycles. The van der Waals surface area contributed by atoms with Gasteiger partial charge in [0.2, 0.25) is 5.91 Å². The zero-order valence-electron chi connectivity index (χ0n) is 21.3. The molecular formula is C26H39NO6S. The summed E-state index contributed by atoms with van der Waals surface area (Å²) in [5.41, 5.74) is 2.46. The first kappa shape index (κ1) is 25.3. The van der Waals surface area contributed by atoms with Crippen molar-refractivity contribution in [2.75, 3.05) is 7.11 Å². The van der Waals surface area contributed by atoms with Crippen LogP contribution in [0.15, 0.2) is 12.1 Å². The summed E-state index contributed by atoms with van der Waals surface area (Å²) in [6.45, 7) is 9.93. The Bertz CT molecular complexity index is 1050. The zero-order chi connectivity index (χ0) is 24.9. The molecule has 1 N–H and O–H groups in total. The molecule has 5 atom stereocenters. The summed E-state index contributed by atoms with van der Waals surface area (Å²) >= 11 is 0. The van der Waals surface area contributed by atoms with Gasteiger partial charge in [0.25, 0.3) is 0 Å². The first-order valence-corrected chi connectivity index (χ1v) is 13.9. The Morgan fingerprint density at radius 2 is 1.88 bits per heavy atom. The van der Waals surface area contributed by atoms with Crippen LogP contribution in [0, 0.1) is 17.3 Å². The van der Waals surface area contributed by atoms with Crippen molar-refractivity contribution in [2.24, 2.45) is 17.3 Å². The van der Waals surface area contributed by atoms with Gasteiger partial charge in [0.05, 0.1) is 18.8 Å². The Balaban J connectivity index is 1.63. The molecule has 8 heteroatoms. The lowest BCUT2D eigenvalue weighted by Gasteiger charge is -2.52. The minimum Gasteiger partial charge on any atom is -0.493 e. The molecule has 0 radical (unpaired) electrons. The molecule has 1 aromatic rings. The highest BCUT2D eigenvalue weighted by Gasteiger charge is 2.57. The zero-order valence-corrected chi connectivity index (χ0v) is 22.1. The highest BCUT2D eigenvalue weighted by molar-refractivity contribution is 7.85. The summed E-state index contributed by atoms with van der Waals surface area (Å²) < 4.78 is 43.5. The van der Waals surface area contributed by atoms with Crippen molar-refractivity contribution in [1.29, 1.82) is 0 Å². The number of hydrogen-bond acceptors (Lipinski definition) is 6. The predicted octanol–water partition coefficient (Wildman–Crippen LogP) is 4.88. The van der Waals surface area contributed by atoms with E-state index in [2.05, 4.69) is 27.7 Å². The van der Waals surface area contributed by atoms with Gasteiger partial charge in [-0.1, -0.05) is 6.92 Å². The number of benzene rings is 1. The smallest absolute Gasteiger partial charge is 0.409 e. The Labute approximate surface area is 204 Å². The third-order valence-corrected chi connectivity index (χ3v) is 9.20. The van der Waals surface area contributed by atoms with Gasteiger partial charge >= 0.3 is 10.3 Å². The topological polar surface area (TPSA) is 90.9 Å². The molecule has 7 nitrogen and oxygen atoms in total. The molecule has 1 amide bonds. The monoisotopic (exact) mass is 493 g/mol. The molecule has 2 saturated carbocycles. The number of carbonyl (C=O) groups is 1. The van der Waals surface area contributed by atoms with Crippen LogP contribution in [0.3, 0.4) is 0 Å². The largest absolute Gasteiger partial charge is 0.493 e. The van der Waals surface area contributed by atoms with Gasteiger partial charge in [-0.3, -0.25) is 4.79 Å². The summed E-state index contributed by atoms with van der Waals surface area (Å²) in [5.74, 6) is 1.45. The van der Waals surface area contributed by atoms with Gasteiger partial charge in [-0.25, -0.2) is 4.72 Å². The summed E-state index contributed by atoms with van der Waals surface area (Å²) in [4.78, 5) is 11.2. The van der Waals surface area contributed by atoms with Gasteiger partial charge in [-0.2, -0.15) is 8.42 Å². The third kappa shape index (κ3) is 4.68. The Morgan fingerprint density at radius 3 is 2.50 bits per heavy atom. The fourth-order valence-electron chi connectivity index (χ4n) is 7.15. The van der Waals surface area contributed by atoms with Crippen LogP contribution < -0.4 is 13.6 Å². The summed E-state index contributed by atoms with van der Waals surface area (Å²) in [5, 5.41) is 0. The maximum Gasteiger partial charge on any atom is 0.409 e. The number of amides is 1. The summed E-state index contributed by atoms with van der Waals surface area (Å²) in [6, 6.07) is 3.74. The Morgan fingerprint density at radius 1 is 1.15 bits per heavy atom. The SMILES string of the molecule is CCC12CCC3c4cc(OC)c(OS(=O)(=O)NC(C)=O)cc4CCC3C1CCC2OC(C)(C)C. The van der Waals surface area contributed by atoms with Gasteiger partial charge in [0.15, 0.2) is 11.5 Å². The molecule has 0 aliphatic heterocycles. The van der Waals surface area contributed by atoms with Crippen LogP contribution in [0.1, 0.15) is 90.2 Å². The Hall–Kier alpha value is -1.80. The summed E-state index contributed by atoms with van der Waals surface area (Å²) in [6.07, 6.45) is 7.99. The molecule has 3 aliphatic rings. The minimum absolute atomic E-state index is 0.117.